The molecule has 12 heavy (non-hydrogen) atoms. The normalized spacial score (nSPS) is 32.2. The number of aliphatic hydroxyl groups excluding tert-OH is 1. The van der Waals surface area contributed by atoms with Gasteiger partial charge in [-0.15, -0.1) is 0 Å². The second-order valence-electron chi connectivity index (χ2n) is 3.85. The first-order chi connectivity index (χ1) is 5.90. The van der Waals surface area contributed by atoms with Gasteiger partial charge in [-0.3, -0.25) is 0 Å². The largest absolute Gasteiger partial charge is 0.395 e. The maximum Gasteiger partial charge on any atom is 0.0588 e. The van der Waals surface area contributed by atoms with Crippen LogP contribution < -0.4 is 5.32 Å². The van der Waals surface area contributed by atoms with Gasteiger partial charge >= 0.3 is 0 Å². The second kappa shape index (κ2) is 3.73. The monoisotopic (exact) mass is 171 g/mol. The molecule has 3 heteroatoms. The smallest absolute Gasteiger partial charge is 0.0588 e. The standard InChI is InChI=1S/C9H17NO2/c11-5-9(10-8-1-2-8)7-3-4-12-6-7/h7-11H,1-6H2. The summed E-state index contributed by atoms with van der Waals surface area (Å²) in [7, 11) is 0. The summed E-state index contributed by atoms with van der Waals surface area (Å²) in [6.45, 7) is 1.95. The first-order valence-electron chi connectivity index (χ1n) is 4.85. The van der Waals surface area contributed by atoms with Gasteiger partial charge in [0.2, 0.25) is 0 Å². The molecule has 1 aliphatic carbocycles. The van der Waals surface area contributed by atoms with Crippen LogP contribution in [0.25, 0.3) is 0 Å². The fraction of sp³-hybridized carbons (Fsp3) is 1.00. The number of hydrogen-bond acceptors (Lipinski definition) is 3. The topological polar surface area (TPSA) is 41.5 Å². The molecule has 3 nitrogen and oxygen atoms in total. The average Bonchev–Trinajstić information content (AvgIpc) is 2.74. The molecule has 2 rings (SSSR count). The maximum absolute atomic E-state index is 9.15. The van der Waals surface area contributed by atoms with Crippen LogP contribution in [0.2, 0.25) is 0 Å². The van der Waals surface area contributed by atoms with E-state index in [9.17, 15) is 0 Å². The highest BCUT2D eigenvalue weighted by atomic mass is 16.5. The van der Waals surface area contributed by atoms with Crippen molar-refractivity contribution in [2.75, 3.05) is 19.8 Å². The number of ether oxygens (including phenoxy) is 1. The van der Waals surface area contributed by atoms with E-state index in [-0.39, 0.29) is 12.6 Å². The van der Waals surface area contributed by atoms with Gasteiger partial charge in [0, 0.05) is 24.6 Å². The number of rotatable bonds is 4. The number of aliphatic hydroxyl groups is 1. The lowest BCUT2D eigenvalue weighted by molar-refractivity contribution is 0.153. The highest BCUT2D eigenvalue weighted by molar-refractivity contribution is 4.88. The molecular weight excluding hydrogens is 154 g/mol. The summed E-state index contributed by atoms with van der Waals surface area (Å²) >= 11 is 0. The van der Waals surface area contributed by atoms with Gasteiger partial charge in [0.25, 0.3) is 0 Å². The number of nitrogens with one attached hydrogen (secondary N) is 1. The van der Waals surface area contributed by atoms with E-state index in [1.807, 2.05) is 0 Å². The van der Waals surface area contributed by atoms with Gasteiger partial charge in [0.15, 0.2) is 0 Å². The van der Waals surface area contributed by atoms with Crippen LogP contribution in [0.15, 0.2) is 0 Å². The van der Waals surface area contributed by atoms with Crippen molar-refractivity contribution >= 4 is 0 Å². The van der Waals surface area contributed by atoms with Crippen molar-refractivity contribution in [3.05, 3.63) is 0 Å². The molecule has 0 amide bonds. The zero-order chi connectivity index (χ0) is 8.39. The van der Waals surface area contributed by atoms with E-state index in [0.717, 1.165) is 19.6 Å². The molecule has 2 fully saturated rings. The van der Waals surface area contributed by atoms with E-state index in [1.54, 1.807) is 0 Å². The summed E-state index contributed by atoms with van der Waals surface area (Å²) in [5, 5.41) is 12.6. The third-order valence-corrected chi connectivity index (χ3v) is 2.76. The van der Waals surface area contributed by atoms with E-state index in [2.05, 4.69) is 5.32 Å². The van der Waals surface area contributed by atoms with Crippen molar-refractivity contribution < 1.29 is 9.84 Å². The molecule has 2 atom stereocenters. The molecule has 0 aromatic carbocycles. The predicted octanol–water partition coefficient (Wildman–Crippen LogP) is 0.136. The van der Waals surface area contributed by atoms with Crippen LogP contribution in [0, 0.1) is 5.92 Å². The first kappa shape index (κ1) is 8.48. The van der Waals surface area contributed by atoms with E-state index < -0.39 is 0 Å². The Bertz CT molecular complexity index is 141. The van der Waals surface area contributed by atoms with Crippen LogP contribution in [0.5, 0.6) is 0 Å². The summed E-state index contributed by atoms with van der Waals surface area (Å²) in [5.74, 6) is 0.538. The van der Waals surface area contributed by atoms with E-state index in [0.29, 0.717) is 12.0 Å². The lowest BCUT2D eigenvalue weighted by atomic mass is 10.00. The molecule has 0 radical (unpaired) electrons. The minimum absolute atomic E-state index is 0.254. The second-order valence-corrected chi connectivity index (χ2v) is 3.85. The van der Waals surface area contributed by atoms with Crippen LogP contribution in [-0.2, 0) is 4.74 Å². The molecule has 0 spiro atoms. The Kier molecular flexibility index (Phi) is 2.63. The van der Waals surface area contributed by atoms with Crippen LogP contribution >= 0.6 is 0 Å². The quantitative estimate of drug-likeness (QED) is 0.632. The molecule has 2 unspecified atom stereocenters. The van der Waals surface area contributed by atoms with Crippen molar-refractivity contribution in [3.63, 3.8) is 0 Å². The number of hydrogen-bond donors (Lipinski definition) is 2. The van der Waals surface area contributed by atoms with Crippen LogP contribution in [0.1, 0.15) is 19.3 Å². The van der Waals surface area contributed by atoms with Gasteiger partial charge in [-0.2, -0.15) is 0 Å². The minimum Gasteiger partial charge on any atom is -0.395 e. The van der Waals surface area contributed by atoms with Gasteiger partial charge in [-0.05, 0) is 19.3 Å². The SMILES string of the molecule is OCC(NC1CC1)C1CCOC1. The molecule has 70 valence electrons. The third kappa shape index (κ3) is 1.97. The zero-order valence-corrected chi connectivity index (χ0v) is 7.33. The fourth-order valence-electron chi connectivity index (χ4n) is 1.76. The predicted molar refractivity (Wildman–Crippen MR) is 46.0 cm³/mol. The molecular formula is C9H17NO2. The summed E-state index contributed by atoms with van der Waals surface area (Å²) in [5.41, 5.74) is 0. The molecule has 2 aliphatic rings. The van der Waals surface area contributed by atoms with Gasteiger partial charge in [-0.25, -0.2) is 0 Å². The molecule has 1 saturated heterocycles. The summed E-state index contributed by atoms with van der Waals surface area (Å²) in [4.78, 5) is 0. The van der Waals surface area contributed by atoms with E-state index in [1.165, 1.54) is 12.8 Å². The molecule has 1 saturated carbocycles. The Labute approximate surface area is 73.1 Å². The van der Waals surface area contributed by atoms with Crippen molar-refractivity contribution in [2.24, 2.45) is 5.92 Å². The molecule has 0 aromatic heterocycles. The molecule has 0 bridgehead atoms. The fourth-order valence-corrected chi connectivity index (χ4v) is 1.76. The Morgan fingerprint density at radius 3 is 2.75 bits per heavy atom. The Morgan fingerprint density at radius 1 is 1.42 bits per heavy atom. The van der Waals surface area contributed by atoms with Gasteiger partial charge in [0.05, 0.1) is 13.2 Å². The molecule has 0 aromatic rings. The molecule has 2 N–H and O–H groups in total. The Morgan fingerprint density at radius 2 is 2.25 bits per heavy atom. The van der Waals surface area contributed by atoms with Crippen LogP contribution in [0.3, 0.4) is 0 Å². The summed E-state index contributed by atoms with van der Waals surface area (Å²) < 4.78 is 5.29. The van der Waals surface area contributed by atoms with Gasteiger partial charge in [0.1, 0.15) is 0 Å². The molecule has 1 aliphatic heterocycles. The maximum atomic E-state index is 9.15. The average molecular weight is 171 g/mol. The van der Waals surface area contributed by atoms with Crippen molar-refractivity contribution in [1.29, 1.82) is 0 Å². The van der Waals surface area contributed by atoms with E-state index in [4.69, 9.17) is 9.84 Å². The highest BCUT2D eigenvalue weighted by Gasteiger charge is 2.30. The lowest BCUT2D eigenvalue weighted by Gasteiger charge is -2.21. The molecule has 1 heterocycles. The highest BCUT2D eigenvalue weighted by Crippen LogP contribution is 2.23. The third-order valence-electron chi connectivity index (χ3n) is 2.76. The van der Waals surface area contributed by atoms with Crippen LogP contribution in [0.4, 0.5) is 0 Å². The summed E-state index contributed by atoms with van der Waals surface area (Å²) in [6, 6.07) is 0.961. The van der Waals surface area contributed by atoms with Crippen molar-refractivity contribution in [1.82, 2.24) is 5.32 Å². The first-order valence-corrected chi connectivity index (χ1v) is 4.85. The Hall–Kier alpha value is -0.120. The zero-order valence-electron chi connectivity index (χ0n) is 7.33. The Balaban J connectivity index is 1.78. The van der Waals surface area contributed by atoms with Crippen molar-refractivity contribution in [2.45, 2.75) is 31.3 Å². The lowest BCUT2D eigenvalue weighted by Crippen LogP contribution is -2.40. The van der Waals surface area contributed by atoms with Gasteiger partial charge < -0.3 is 15.2 Å². The van der Waals surface area contributed by atoms with Gasteiger partial charge in [-0.1, -0.05) is 0 Å². The van der Waals surface area contributed by atoms with Crippen molar-refractivity contribution in [3.8, 4) is 0 Å². The van der Waals surface area contributed by atoms with Crippen LogP contribution in [-0.4, -0.2) is 37.0 Å². The summed E-state index contributed by atoms with van der Waals surface area (Å²) in [6.07, 6.45) is 3.67. The minimum atomic E-state index is 0.254. The van der Waals surface area contributed by atoms with E-state index >= 15 is 0 Å².